The van der Waals surface area contributed by atoms with Gasteiger partial charge in [-0.1, -0.05) is 84.9 Å². The fourth-order valence-electron chi connectivity index (χ4n) is 3.74. The SMILES string of the molecule is O=C(Cc1ccccc1)Oc1cc2[nH]c(Cc3ccccc3)nc2c2ccccc12. The van der Waals surface area contributed by atoms with Crippen molar-refractivity contribution in [3.05, 3.63) is 108 Å². The lowest BCUT2D eigenvalue weighted by molar-refractivity contribution is -0.133. The monoisotopic (exact) mass is 392 g/mol. The first kappa shape index (κ1) is 18.1. The number of imidazole rings is 1. The maximum atomic E-state index is 12.6. The van der Waals surface area contributed by atoms with Gasteiger partial charge in [0, 0.05) is 23.3 Å². The number of H-pyrrole nitrogens is 1. The van der Waals surface area contributed by atoms with E-state index in [-0.39, 0.29) is 12.4 Å². The number of hydrogen-bond donors (Lipinski definition) is 1. The zero-order chi connectivity index (χ0) is 20.3. The number of hydrogen-bond acceptors (Lipinski definition) is 3. The number of aromatic amines is 1. The van der Waals surface area contributed by atoms with Gasteiger partial charge in [-0.3, -0.25) is 4.79 Å². The Kier molecular flexibility index (Phi) is 4.74. The molecule has 0 fully saturated rings. The molecule has 0 aliphatic heterocycles. The first-order chi connectivity index (χ1) is 14.8. The third-order valence-electron chi connectivity index (χ3n) is 5.13. The number of nitrogens with zero attached hydrogens (tertiary/aromatic N) is 1. The van der Waals surface area contributed by atoms with Crippen molar-refractivity contribution in [2.24, 2.45) is 0 Å². The van der Waals surface area contributed by atoms with Gasteiger partial charge in [-0.2, -0.15) is 0 Å². The van der Waals surface area contributed by atoms with E-state index >= 15 is 0 Å². The Labute approximate surface area is 174 Å². The normalized spacial score (nSPS) is 11.1. The first-order valence-corrected chi connectivity index (χ1v) is 9.95. The third-order valence-corrected chi connectivity index (χ3v) is 5.13. The summed E-state index contributed by atoms with van der Waals surface area (Å²) >= 11 is 0. The number of carbonyl (C=O) groups is 1. The van der Waals surface area contributed by atoms with Crippen molar-refractivity contribution in [1.29, 1.82) is 0 Å². The first-order valence-electron chi connectivity index (χ1n) is 9.95. The van der Waals surface area contributed by atoms with Crippen molar-refractivity contribution in [2.75, 3.05) is 0 Å². The van der Waals surface area contributed by atoms with Crippen LogP contribution in [-0.4, -0.2) is 15.9 Å². The smallest absolute Gasteiger partial charge is 0.315 e. The van der Waals surface area contributed by atoms with Gasteiger partial charge in [-0.25, -0.2) is 4.98 Å². The number of carbonyl (C=O) groups excluding carboxylic acids is 1. The van der Waals surface area contributed by atoms with Crippen molar-refractivity contribution < 1.29 is 9.53 Å². The lowest BCUT2D eigenvalue weighted by Crippen LogP contribution is -2.11. The number of fused-ring (bicyclic) bond motifs is 3. The summed E-state index contributed by atoms with van der Waals surface area (Å²) in [5, 5.41) is 1.84. The average Bonchev–Trinajstić information content (AvgIpc) is 3.18. The molecule has 1 aromatic heterocycles. The molecule has 0 atom stereocenters. The van der Waals surface area contributed by atoms with Crippen molar-refractivity contribution in [1.82, 2.24) is 9.97 Å². The van der Waals surface area contributed by atoms with Crippen LogP contribution in [0.1, 0.15) is 17.0 Å². The Hall–Kier alpha value is -3.92. The second kappa shape index (κ2) is 7.84. The van der Waals surface area contributed by atoms with Crippen LogP contribution in [0.15, 0.2) is 91.0 Å². The second-order valence-electron chi connectivity index (χ2n) is 7.30. The van der Waals surface area contributed by atoms with Gasteiger partial charge in [0.2, 0.25) is 0 Å². The predicted octanol–water partition coefficient (Wildman–Crippen LogP) is 5.46. The molecule has 4 aromatic carbocycles. The summed E-state index contributed by atoms with van der Waals surface area (Å²) in [6.07, 6.45) is 0.947. The summed E-state index contributed by atoms with van der Waals surface area (Å²) in [4.78, 5) is 20.8. The van der Waals surface area contributed by atoms with E-state index in [0.717, 1.165) is 33.2 Å². The topological polar surface area (TPSA) is 55.0 Å². The largest absolute Gasteiger partial charge is 0.426 e. The fourth-order valence-corrected chi connectivity index (χ4v) is 3.74. The minimum atomic E-state index is -0.283. The zero-order valence-electron chi connectivity index (χ0n) is 16.3. The molecule has 5 rings (SSSR count). The Balaban J connectivity index is 1.50. The maximum Gasteiger partial charge on any atom is 0.315 e. The van der Waals surface area contributed by atoms with E-state index in [1.807, 2.05) is 78.9 Å². The standard InChI is InChI=1S/C26H20N2O2/c29-25(16-19-11-5-2-6-12-19)30-23-17-22-26(21-14-8-7-13-20(21)23)28-24(27-22)15-18-9-3-1-4-10-18/h1-14,17H,15-16H2,(H,27,28). The minimum absolute atomic E-state index is 0.232. The summed E-state index contributed by atoms with van der Waals surface area (Å²) in [5.74, 6) is 1.15. The van der Waals surface area contributed by atoms with E-state index in [4.69, 9.17) is 9.72 Å². The molecule has 1 N–H and O–H groups in total. The average molecular weight is 392 g/mol. The number of rotatable bonds is 5. The van der Waals surface area contributed by atoms with Crippen molar-refractivity contribution in [3.8, 4) is 5.75 Å². The predicted molar refractivity (Wildman–Crippen MR) is 119 cm³/mol. The Morgan fingerprint density at radius 2 is 1.43 bits per heavy atom. The van der Waals surface area contributed by atoms with Gasteiger partial charge in [-0.05, 0) is 11.1 Å². The van der Waals surface area contributed by atoms with Gasteiger partial charge in [0.1, 0.15) is 11.6 Å². The van der Waals surface area contributed by atoms with E-state index in [2.05, 4.69) is 17.1 Å². The highest BCUT2D eigenvalue weighted by Crippen LogP contribution is 2.33. The van der Waals surface area contributed by atoms with Gasteiger partial charge >= 0.3 is 5.97 Å². The number of nitrogens with one attached hydrogen (secondary N) is 1. The van der Waals surface area contributed by atoms with Gasteiger partial charge in [-0.15, -0.1) is 0 Å². The number of esters is 1. The zero-order valence-corrected chi connectivity index (χ0v) is 16.3. The molecule has 0 aliphatic rings. The van der Waals surface area contributed by atoms with Crippen LogP contribution in [0, 0.1) is 0 Å². The highest BCUT2D eigenvalue weighted by Gasteiger charge is 2.15. The Morgan fingerprint density at radius 3 is 2.17 bits per heavy atom. The molecule has 0 radical (unpaired) electrons. The van der Waals surface area contributed by atoms with E-state index in [1.54, 1.807) is 0 Å². The maximum absolute atomic E-state index is 12.6. The van der Waals surface area contributed by atoms with Crippen LogP contribution in [-0.2, 0) is 17.6 Å². The summed E-state index contributed by atoms with van der Waals surface area (Å²) in [7, 11) is 0. The van der Waals surface area contributed by atoms with E-state index < -0.39 is 0 Å². The van der Waals surface area contributed by atoms with Crippen LogP contribution in [0.3, 0.4) is 0 Å². The lowest BCUT2D eigenvalue weighted by atomic mass is 10.1. The molecular weight excluding hydrogens is 372 g/mol. The molecule has 0 saturated carbocycles. The van der Waals surface area contributed by atoms with Crippen LogP contribution >= 0.6 is 0 Å². The Morgan fingerprint density at radius 1 is 0.800 bits per heavy atom. The number of ether oxygens (including phenoxy) is 1. The highest BCUT2D eigenvalue weighted by molar-refractivity contribution is 6.08. The van der Waals surface area contributed by atoms with Crippen LogP contribution in [0.4, 0.5) is 0 Å². The van der Waals surface area contributed by atoms with Crippen molar-refractivity contribution >= 4 is 27.8 Å². The molecule has 0 spiro atoms. The molecule has 1 heterocycles. The molecule has 0 unspecified atom stereocenters. The van der Waals surface area contributed by atoms with Crippen molar-refractivity contribution in [2.45, 2.75) is 12.8 Å². The van der Waals surface area contributed by atoms with Crippen LogP contribution in [0.2, 0.25) is 0 Å². The molecule has 0 aliphatic carbocycles. The van der Waals surface area contributed by atoms with Crippen LogP contribution < -0.4 is 4.74 Å². The van der Waals surface area contributed by atoms with E-state index in [0.29, 0.717) is 12.2 Å². The van der Waals surface area contributed by atoms with Gasteiger partial charge in [0.05, 0.1) is 17.5 Å². The fraction of sp³-hybridized carbons (Fsp3) is 0.0769. The molecule has 146 valence electrons. The lowest BCUT2D eigenvalue weighted by Gasteiger charge is -2.08. The van der Waals surface area contributed by atoms with E-state index in [9.17, 15) is 4.79 Å². The second-order valence-corrected chi connectivity index (χ2v) is 7.30. The number of benzene rings is 4. The summed E-state index contributed by atoms with van der Waals surface area (Å²) < 4.78 is 5.78. The number of aromatic nitrogens is 2. The third kappa shape index (κ3) is 3.67. The molecule has 30 heavy (non-hydrogen) atoms. The summed E-state index contributed by atoms with van der Waals surface area (Å²) in [5.41, 5.74) is 3.87. The molecule has 4 heteroatoms. The van der Waals surface area contributed by atoms with Gasteiger partial charge < -0.3 is 9.72 Å². The summed E-state index contributed by atoms with van der Waals surface area (Å²) in [6.45, 7) is 0. The van der Waals surface area contributed by atoms with Crippen molar-refractivity contribution in [3.63, 3.8) is 0 Å². The highest BCUT2D eigenvalue weighted by atomic mass is 16.5. The quantitative estimate of drug-likeness (QED) is 0.319. The molecule has 0 saturated heterocycles. The van der Waals surface area contributed by atoms with Crippen LogP contribution in [0.25, 0.3) is 21.8 Å². The van der Waals surface area contributed by atoms with E-state index in [1.165, 1.54) is 5.56 Å². The molecule has 0 amide bonds. The van der Waals surface area contributed by atoms with Crippen LogP contribution in [0.5, 0.6) is 5.75 Å². The summed E-state index contributed by atoms with van der Waals surface area (Å²) in [6, 6.07) is 29.6. The molecule has 4 nitrogen and oxygen atoms in total. The minimum Gasteiger partial charge on any atom is -0.426 e. The molecule has 0 bridgehead atoms. The van der Waals surface area contributed by atoms with Gasteiger partial charge in [0.15, 0.2) is 0 Å². The molecular formula is C26H20N2O2. The Bertz CT molecular complexity index is 1330. The van der Waals surface area contributed by atoms with Gasteiger partial charge in [0.25, 0.3) is 0 Å². The molecule has 5 aromatic rings.